The molecule has 0 N–H and O–H groups in total. The zero-order chi connectivity index (χ0) is 13.1. The Morgan fingerprint density at radius 2 is 2.11 bits per heavy atom. The van der Waals surface area contributed by atoms with Gasteiger partial charge in [0.15, 0.2) is 5.78 Å². The van der Waals surface area contributed by atoms with Gasteiger partial charge in [-0.1, -0.05) is 6.07 Å². The van der Waals surface area contributed by atoms with Crippen LogP contribution in [0.1, 0.15) is 17.3 Å². The first-order valence-electron chi connectivity index (χ1n) is 5.88. The molecule has 0 radical (unpaired) electrons. The van der Waals surface area contributed by atoms with Crippen molar-refractivity contribution >= 4 is 17.5 Å². The van der Waals surface area contributed by atoms with Gasteiger partial charge in [0.25, 0.3) is 0 Å². The summed E-state index contributed by atoms with van der Waals surface area (Å²) in [5, 5.41) is 0. The summed E-state index contributed by atoms with van der Waals surface area (Å²) in [4.78, 5) is 13.9. The summed E-state index contributed by atoms with van der Waals surface area (Å²) in [6.07, 6.45) is 0. The smallest absolute Gasteiger partial charge is 0.182 e. The Hall–Kier alpha value is -0.940. The van der Waals surface area contributed by atoms with Gasteiger partial charge in [0.1, 0.15) is 11.6 Å². The lowest BCUT2D eigenvalue weighted by atomic mass is 10.1. The standard InChI is InChI=1S/C13H15F2NOS/c1-9-8-18-6-5-16(9)7-12(17)13-10(14)3-2-4-11(13)15/h2-4,9H,5-8H2,1H3. The minimum absolute atomic E-state index is 0.0829. The SMILES string of the molecule is CC1CSCCN1CC(=O)c1c(F)cccc1F. The molecule has 0 aromatic heterocycles. The Labute approximate surface area is 109 Å². The van der Waals surface area contributed by atoms with Crippen LogP contribution in [0, 0.1) is 11.6 Å². The van der Waals surface area contributed by atoms with Crippen molar-refractivity contribution in [2.45, 2.75) is 13.0 Å². The zero-order valence-corrected chi connectivity index (χ0v) is 11.0. The lowest BCUT2D eigenvalue weighted by Crippen LogP contribution is -2.43. The van der Waals surface area contributed by atoms with Crippen LogP contribution in [0.25, 0.3) is 0 Å². The number of hydrogen-bond donors (Lipinski definition) is 0. The third-order valence-corrected chi connectivity index (χ3v) is 4.28. The molecule has 1 heterocycles. The minimum Gasteiger partial charge on any atom is -0.292 e. The monoisotopic (exact) mass is 271 g/mol. The number of thioether (sulfide) groups is 1. The lowest BCUT2D eigenvalue weighted by molar-refractivity contribution is 0.0902. The van der Waals surface area contributed by atoms with E-state index in [9.17, 15) is 13.6 Å². The van der Waals surface area contributed by atoms with Gasteiger partial charge in [-0.15, -0.1) is 0 Å². The quantitative estimate of drug-likeness (QED) is 0.788. The summed E-state index contributed by atoms with van der Waals surface area (Å²) in [6.45, 7) is 2.89. The third kappa shape index (κ3) is 2.90. The first-order valence-corrected chi connectivity index (χ1v) is 7.04. The van der Waals surface area contributed by atoms with E-state index in [1.165, 1.54) is 6.07 Å². The van der Waals surface area contributed by atoms with Crippen LogP contribution in [0.3, 0.4) is 0 Å². The number of ketones is 1. The van der Waals surface area contributed by atoms with Crippen molar-refractivity contribution < 1.29 is 13.6 Å². The van der Waals surface area contributed by atoms with Gasteiger partial charge in [0.05, 0.1) is 12.1 Å². The average Bonchev–Trinajstić information content (AvgIpc) is 2.32. The van der Waals surface area contributed by atoms with Crippen LogP contribution in [0.4, 0.5) is 8.78 Å². The van der Waals surface area contributed by atoms with Crippen molar-refractivity contribution in [3.8, 4) is 0 Å². The second-order valence-corrected chi connectivity index (χ2v) is 5.56. The predicted molar refractivity (Wildman–Crippen MR) is 69.0 cm³/mol. The van der Waals surface area contributed by atoms with Crippen molar-refractivity contribution in [2.24, 2.45) is 0 Å². The van der Waals surface area contributed by atoms with Crippen molar-refractivity contribution in [2.75, 3.05) is 24.6 Å². The van der Waals surface area contributed by atoms with Crippen molar-refractivity contribution in [3.63, 3.8) is 0 Å². The highest BCUT2D eigenvalue weighted by Gasteiger charge is 2.24. The number of halogens is 2. The molecule has 98 valence electrons. The zero-order valence-electron chi connectivity index (χ0n) is 10.2. The van der Waals surface area contributed by atoms with E-state index in [0.29, 0.717) is 0 Å². The van der Waals surface area contributed by atoms with Gasteiger partial charge in [0.2, 0.25) is 0 Å². The topological polar surface area (TPSA) is 20.3 Å². The maximum absolute atomic E-state index is 13.5. The fraction of sp³-hybridized carbons (Fsp3) is 0.462. The minimum atomic E-state index is -0.779. The highest BCUT2D eigenvalue weighted by Crippen LogP contribution is 2.18. The molecule has 5 heteroatoms. The molecule has 0 aliphatic carbocycles. The first-order chi connectivity index (χ1) is 8.59. The molecular formula is C13H15F2NOS. The molecule has 1 aliphatic rings. The number of carbonyl (C=O) groups is 1. The molecule has 1 atom stereocenters. The normalized spacial score (nSPS) is 20.9. The van der Waals surface area contributed by atoms with E-state index < -0.39 is 23.0 Å². The lowest BCUT2D eigenvalue weighted by Gasteiger charge is -2.32. The van der Waals surface area contributed by atoms with Crippen LogP contribution in [-0.4, -0.2) is 41.3 Å². The summed E-state index contributed by atoms with van der Waals surface area (Å²) in [5.41, 5.74) is -0.414. The van der Waals surface area contributed by atoms with Gasteiger partial charge >= 0.3 is 0 Å². The highest BCUT2D eigenvalue weighted by atomic mass is 32.2. The fourth-order valence-corrected chi connectivity index (χ4v) is 3.11. The fourth-order valence-electron chi connectivity index (χ4n) is 2.02. The van der Waals surface area contributed by atoms with Crippen LogP contribution in [-0.2, 0) is 0 Å². The number of benzene rings is 1. The average molecular weight is 271 g/mol. The maximum atomic E-state index is 13.5. The van der Waals surface area contributed by atoms with Gasteiger partial charge < -0.3 is 0 Å². The highest BCUT2D eigenvalue weighted by molar-refractivity contribution is 7.99. The molecule has 1 saturated heterocycles. The number of rotatable bonds is 3. The van der Waals surface area contributed by atoms with E-state index in [1.54, 1.807) is 0 Å². The molecular weight excluding hydrogens is 256 g/mol. The Morgan fingerprint density at radius 3 is 2.72 bits per heavy atom. The van der Waals surface area contributed by atoms with Gasteiger partial charge in [-0.3, -0.25) is 9.69 Å². The molecule has 0 spiro atoms. The molecule has 1 fully saturated rings. The second kappa shape index (κ2) is 5.80. The van der Waals surface area contributed by atoms with Crippen LogP contribution in [0.5, 0.6) is 0 Å². The van der Waals surface area contributed by atoms with Gasteiger partial charge in [-0.2, -0.15) is 11.8 Å². The van der Waals surface area contributed by atoms with Crippen LogP contribution in [0.15, 0.2) is 18.2 Å². The first kappa shape index (κ1) is 13.5. The molecule has 0 saturated carbocycles. The molecule has 18 heavy (non-hydrogen) atoms. The van der Waals surface area contributed by atoms with E-state index in [1.807, 2.05) is 23.6 Å². The molecule has 0 bridgehead atoms. The molecule has 0 amide bonds. The third-order valence-electron chi connectivity index (χ3n) is 3.09. The summed E-state index contributed by atoms with van der Waals surface area (Å²) in [5.74, 6) is -0.132. The van der Waals surface area contributed by atoms with Gasteiger partial charge in [0, 0.05) is 24.1 Å². The molecule has 2 rings (SSSR count). The number of carbonyl (C=O) groups excluding carboxylic acids is 1. The summed E-state index contributed by atoms with van der Waals surface area (Å²) >= 11 is 1.83. The molecule has 1 aromatic carbocycles. The van der Waals surface area contributed by atoms with E-state index in [0.717, 1.165) is 30.2 Å². The number of hydrogen-bond acceptors (Lipinski definition) is 3. The summed E-state index contributed by atoms with van der Waals surface area (Å²) in [7, 11) is 0. The Kier molecular flexibility index (Phi) is 4.35. The van der Waals surface area contributed by atoms with E-state index in [4.69, 9.17) is 0 Å². The number of Topliss-reactive ketones (excluding diaryl/α,β-unsaturated/α-hetero) is 1. The number of nitrogens with zero attached hydrogens (tertiary/aromatic N) is 1. The van der Waals surface area contributed by atoms with Crippen LogP contribution >= 0.6 is 11.8 Å². The van der Waals surface area contributed by atoms with E-state index in [2.05, 4.69) is 0 Å². The van der Waals surface area contributed by atoms with Crippen molar-refractivity contribution in [1.82, 2.24) is 4.90 Å². The van der Waals surface area contributed by atoms with Crippen LogP contribution < -0.4 is 0 Å². The second-order valence-electron chi connectivity index (χ2n) is 4.41. The van der Waals surface area contributed by atoms with Crippen molar-refractivity contribution in [1.29, 1.82) is 0 Å². The Morgan fingerprint density at radius 1 is 1.44 bits per heavy atom. The molecule has 1 unspecified atom stereocenters. The van der Waals surface area contributed by atoms with E-state index >= 15 is 0 Å². The molecule has 1 aromatic rings. The predicted octanol–water partition coefficient (Wildman–Crippen LogP) is 2.58. The maximum Gasteiger partial charge on any atom is 0.182 e. The van der Waals surface area contributed by atoms with Crippen molar-refractivity contribution in [3.05, 3.63) is 35.4 Å². The van der Waals surface area contributed by atoms with E-state index in [-0.39, 0.29) is 12.6 Å². The Bertz CT molecular complexity index is 432. The summed E-state index contributed by atoms with van der Waals surface area (Å²) in [6, 6.07) is 3.77. The van der Waals surface area contributed by atoms with Gasteiger partial charge in [-0.05, 0) is 19.1 Å². The molecule has 2 nitrogen and oxygen atoms in total. The largest absolute Gasteiger partial charge is 0.292 e. The molecule has 1 aliphatic heterocycles. The van der Waals surface area contributed by atoms with Crippen LogP contribution in [0.2, 0.25) is 0 Å². The summed E-state index contributed by atoms with van der Waals surface area (Å²) < 4.78 is 26.9. The Balaban J connectivity index is 2.12. The van der Waals surface area contributed by atoms with Gasteiger partial charge in [-0.25, -0.2) is 8.78 Å².